The molecule has 0 radical (unpaired) electrons. The Morgan fingerprint density at radius 2 is 2.35 bits per heavy atom. The van der Waals surface area contributed by atoms with Crippen LogP contribution in [0.5, 0.6) is 0 Å². The van der Waals surface area contributed by atoms with E-state index in [1.165, 1.54) is 19.2 Å². The van der Waals surface area contributed by atoms with E-state index >= 15 is 0 Å². The predicted molar refractivity (Wildman–Crippen MR) is 63.0 cm³/mol. The van der Waals surface area contributed by atoms with Crippen molar-refractivity contribution < 1.29 is 13.9 Å². The molecule has 1 atom stereocenters. The van der Waals surface area contributed by atoms with E-state index in [0.717, 1.165) is 5.56 Å². The van der Waals surface area contributed by atoms with Crippen molar-refractivity contribution in [1.29, 1.82) is 0 Å². The highest BCUT2D eigenvalue weighted by molar-refractivity contribution is 5.80. The smallest absolute Gasteiger partial charge is 0.250 e. The van der Waals surface area contributed by atoms with Crippen LogP contribution in [0.1, 0.15) is 5.56 Å². The van der Waals surface area contributed by atoms with Crippen LogP contribution in [-0.4, -0.2) is 32.2 Å². The summed E-state index contributed by atoms with van der Waals surface area (Å²) in [6, 6.07) is 6.29. The molecule has 0 saturated carbocycles. The number of nitrogens with one attached hydrogen (secondary N) is 1. The Bertz CT molecular complexity index is 367. The average molecular weight is 240 g/mol. The van der Waals surface area contributed by atoms with Gasteiger partial charge in [0.05, 0.1) is 0 Å². The first-order valence-electron chi connectivity index (χ1n) is 5.42. The minimum Gasteiger partial charge on any atom is -0.370 e. The second-order valence-corrected chi connectivity index (χ2v) is 3.63. The first-order chi connectivity index (χ1) is 8.17. The number of methoxy groups -OCH3 is 1. The predicted octanol–water partition coefficient (Wildman–Crippen LogP) is 0.458. The number of nitrogens with two attached hydrogens (primary N) is 1. The highest BCUT2D eigenvalue weighted by atomic mass is 19.1. The first-order valence-corrected chi connectivity index (χ1v) is 5.42. The monoisotopic (exact) mass is 240 g/mol. The Kier molecular flexibility index (Phi) is 5.59. The molecule has 1 unspecified atom stereocenters. The quantitative estimate of drug-likeness (QED) is 0.759. The first kappa shape index (κ1) is 13.6. The van der Waals surface area contributed by atoms with Crippen LogP contribution in [0.3, 0.4) is 0 Å². The molecule has 1 aromatic carbocycles. The molecule has 0 heterocycles. The van der Waals surface area contributed by atoms with Gasteiger partial charge in [0.25, 0.3) is 0 Å². The summed E-state index contributed by atoms with van der Waals surface area (Å²) in [6.07, 6.45) is -0.0488. The van der Waals surface area contributed by atoms with Crippen LogP contribution in [0.15, 0.2) is 24.3 Å². The van der Waals surface area contributed by atoms with E-state index in [-0.39, 0.29) is 18.3 Å². The molecule has 0 saturated heterocycles. The number of rotatable bonds is 6. The number of ether oxygens (including phenoxy) is 1. The molecule has 94 valence electrons. The van der Waals surface area contributed by atoms with Gasteiger partial charge < -0.3 is 15.8 Å². The molecule has 1 aromatic rings. The lowest BCUT2D eigenvalue weighted by molar-refractivity contribution is -0.130. The third-order valence-electron chi connectivity index (χ3n) is 2.39. The largest absolute Gasteiger partial charge is 0.370 e. The molecule has 3 N–H and O–H groups in total. The van der Waals surface area contributed by atoms with Gasteiger partial charge in [-0.2, -0.15) is 0 Å². The lowest BCUT2D eigenvalue weighted by Gasteiger charge is -2.12. The van der Waals surface area contributed by atoms with Crippen molar-refractivity contribution in [2.24, 2.45) is 5.73 Å². The van der Waals surface area contributed by atoms with E-state index in [0.29, 0.717) is 13.0 Å². The molecule has 0 aromatic heterocycles. The molecule has 0 spiro atoms. The van der Waals surface area contributed by atoms with Gasteiger partial charge in [0.1, 0.15) is 11.9 Å². The van der Waals surface area contributed by atoms with Crippen molar-refractivity contribution in [3.05, 3.63) is 35.6 Å². The Morgan fingerprint density at radius 1 is 1.59 bits per heavy atom. The lowest BCUT2D eigenvalue weighted by Crippen LogP contribution is -2.41. The van der Waals surface area contributed by atoms with Crippen LogP contribution in [-0.2, 0) is 16.0 Å². The normalized spacial score (nSPS) is 12.2. The van der Waals surface area contributed by atoms with E-state index in [4.69, 9.17) is 10.5 Å². The van der Waals surface area contributed by atoms with Crippen molar-refractivity contribution in [3.8, 4) is 0 Å². The van der Waals surface area contributed by atoms with Crippen molar-refractivity contribution in [1.82, 2.24) is 5.32 Å². The van der Waals surface area contributed by atoms with Gasteiger partial charge in [-0.3, -0.25) is 4.79 Å². The Balaban J connectivity index is 2.35. The van der Waals surface area contributed by atoms with E-state index in [1.54, 1.807) is 6.07 Å². The summed E-state index contributed by atoms with van der Waals surface area (Å²) in [5.74, 6) is -0.517. The minimum atomic E-state index is -0.623. The van der Waals surface area contributed by atoms with E-state index in [1.807, 2.05) is 6.07 Å². The van der Waals surface area contributed by atoms with Crippen LogP contribution < -0.4 is 11.1 Å². The van der Waals surface area contributed by atoms with Crippen LogP contribution in [0, 0.1) is 5.82 Å². The molecular formula is C12H17FN2O2. The van der Waals surface area contributed by atoms with Crippen molar-refractivity contribution in [2.45, 2.75) is 12.5 Å². The number of hydrogen-bond acceptors (Lipinski definition) is 3. The maximum atomic E-state index is 12.9. The summed E-state index contributed by atoms with van der Waals surface area (Å²) in [4.78, 5) is 11.5. The van der Waals surface area contributed by atoms with Gasteiger partial charge in [-0.15, -0.1) is 0 Å². The van der Waals surface area contributed by atoms with Gasteiger partial charge in [-0.25, -0.2) is 4.39 Å². The standard InChI is InChI=1S/C12H17FN2O2/c1-17-11(8-14)12(16)15-6-5-9-3-2-4-10(13)7-9/h2-4,7,11H,5-6,8,14H2,1H3,(H,15,16). The van der Waals surface area contributed by atoms with Gasteiger partial charge in [-0.1, -0.05) is 12.1 Å². The highest BCUT2D eigenvalue weighted by Gasteiger charge is 2.14. The number of hydrogen-bond donors (Lipinski definition) is 2. The molecule has 1 rings (SSSR count). The molecule has 17 heavy (non-hydrogen) atoms. The zero-order chi connectivity index (χ0) is 12.7. The summed E-state index contributed by atoms with van der Waals surface area (Å²) in [7, 11) is 1.43. The number of amides is 1. The maximum absolute atomic E-state index is 12.9. The Hall–Kier alpha value is -1.46. The molecule has 0 aliphatic heterocycles. The zero-order valence-electron chi connectivity index (χ0n) is 9.78. The zero-order valence-corrected chi connectivity index (χ0v) is 9.78. The number of carbonyl (C=O) groups excluding carboxylic acids is 1. The third kappa shape index (κ3) is 4.50. The van der Waals surface area contributed by atoms with Gasteiger partial charge in [0, 0.05) is 20.2 Å². The Morgan fingerprint density at radius 3 is 2.94 bits per heavy atom. The van der Waals surface area contributed by atoms with Crippen LogP contribution in [0.4, 0.5) is 4.39 Å². The fourth-order valence-corrected chi connectivity index (χ4v) is 1.45. The van der Waals surface area contributed by atoms with Crippen molar-refractivity contribution >= 4 is 5.91 Å². The minimum absolute atomic E-state index is 0.141. The molecule has 5 heteroatoms. The van der Waals surface area contributed by atoms with Gasteiger partial charge >= 0.3 is 0 Å². The fraction of sp³-hybridized carbons (Fsp3) is 0.417. The molecule has 0 aliphatic rings. The second kappa shape index (κ2) is 6.98. The van der Waals surface area contributed by atoms with Gasteiger partial charge in [0.2, 0.25) is 5.91 Å². The van der Waals surface area contributed by atoms with Crippen molar-refractivity contribution in [3.63, 3.8) is 0 Å². The molecular weight excluding hydrogens is 223 g/mol. The number of halogens is 1. The van der Waals surface area contributed by atoms with Gasteiger partial charge in [-0.05, 0) is 24.1 Å². The summed E-state index contributed by atoms with van der Waals surface area (Å²) >= 11 is 0. The second-order valence-electron chi connectivity index (χ2n) is 3.63. The molecule has 0 fully saturated rings. The topological polar surface area (TPSA) is 64.3 Å². The third-order valence-corrected chi connectivity index (χ3v) is 2.39. The summed E-state index contributed by atoms with van der Waals surface area (Å²) in [5.41, 5.74) is 6.19. The van der Waals surface area contributed by atoms with Crippen LogP contribution in [0.25, 0.3) is 0 Å². The Labute approximate surface area is 100.0 Å². The highest BCUT2D eigenvalue weighted by Crippen LogP contribution is 2.03. The van der Waals surface area contributed by atoms with E-state index in [9.17, 15) is 9.18 Å². The summed E-state index contributed by atoms with van der Waals surface area (Å²) in [5, 5.41) is 2.69. The van der Waals surface area contributed by atoms with Crippen molar-refractivity contribution in [2.75, 3.05) is 20.2 Å². The molecule has 1 amide bonds. The fourth-order valence-electron chi connectivity index (χ4n) is 1.45. The number of benzene rings is 1. The average Bonchev–Trinajstić information content (AvgIpc) is 2.30. The van der Waals surface area contributed by atoms with Gasteiger partial charge in [0.15, 0.2) is 0 Å². The molecule has 0 aliphatic carbocycles. The SMILES string of the molecule is COC(CN)C(=O)NCCc1cccc(F)c1. The van der Waals surface area contributed by atoms with Crippen LogP contribution >= 0.6 is 0 Å². The summed E-state index contributed by atoms with van der Waals surface area (Å²) < 4.78 is 17.8. The number of carbonyl (C=O) groups is 1. The van der Waals surface area contributed by atoms with Crippen LogP contribution in [0.2, 0.25) is 0 Å². The maximum Gasteiger partial charge on any atom is 0.250 e. The molecule has 0 bridgehead atoms. The lowest BCUT2D eigenvalue weighted by atomic mass is 10.1. The summed E-state index contributed by atoms with van der Waals surface area (Å²) in [6.45, 7) is 0.574. The van der Waals surface area contributed by atoms with E-state index < -0.39 is 6.10 Å². The molecule has 4 nitrogen and oxygen atoms in total. The van der Waals surface area contributed by atoms with E-state index in [2.05, 4.69) is 5.32 Å².